The Morgan fingerprint density at radius 1 is 0.885 bits per heavy atom. The van der Waals surface area contributed by atoms with Crippen molar-refractivity contribution in [2.45, 2.75) is 0 Å². The minimum atomic E-state index is -0.911. The number of amides is 2. The van der Waals surface area contributed by atoms with E-state index in [0.29, 0.717) is 28.5 Å². The molecule has 8 nitrogen and oxygen atoms in total. The van der Waals surface area contributed by atoms with E-state index in [4.69, 9.17) is 14.2 Å². The van der Waals surface area contributed by atoms with Gasteiger partial charge in [-0.3, -0.25) is 9.59 Å². The molecule has 0 spiro atoms. The van der Waals surface area contributed by atoms with Crippen molar-refractivity contribution >= 4 is 23.7 Å². The highest BCUT2D eigenvalue weighted by Gasteiger charge is 2.14. The number of ether oxygens (including phenoxy) is 3. The van der Waals surface area contributed by atoms with Crippen LogP contribution in [0.25, 0.3) is 0 Å². The van der Waals surface area contributed by atoms with Crippen molar-refractivity contribution in [3.63, 3.8) is 0 Å². The summed E-state index contributed by atoms with van der Waals surface area (Å²) in [7, 11) is 4.51. The Kier molecular flexibility index (Phi) is 6.55. The number of benzene rings is 2. The first-order valence-corrected chi connectivity index (χ1v) is 7.58. The van der Waals surface area contributed by atoms with Crippen LogP contribution in [0.15, 0.2) is 47.6 Å². The SMILES string of the molecule is COc1ccccc1C=NNC(=O)C(=O)Nc1ccc(OC)c(OC)c1. The van der Waals surface area contributed by atoms with E-state index >= 15 is 0 Å². The van der Waals surface area contributed by atoms with Crippen LogP contribution in [-0.4, -0.2) is 39.4 Å². The smallest absolute Gasteiger partial charge is 0.329 e. The molecule has 0 saturated heterocycles. The highest BCUT2D eigenvalue weighted by Crippen LogP contribution is 2.29. The van der Waals surface area contributed by atoms with Crippen molar-refractivity contribution in [3.05, 3.63) is 48.0 Å². The Hall–Kier alpha value is -3.55. The quantitative estimate of drug-likeness (QED) is 0.467. The molecule has 26 heavy (non-hydrogen) atoms. The van der Waals surface area contributed by atoms with Crippen LogP contribution < -0.4 is 25.0 Å². The van der Waals surface area contributed by atoms with Crippen molar-refractivity contribution in [2.24, 2.45) is 5.10 Å². The van der Waals surface area contributed by atoms with E-state index in [9.17, 15) is 9.59 Å². The van der Waals surface area contributed by atoms with E-state index in [1.807, 2.05) is 6.07 Å². The van der Waals surface area contributed by atoms with E-state index in [2.05, 4.69) is 15.8 Å². The molecular weight excluding hydrogens is 338 g/mol. The summed E-state index contributed by atoms with van der Waals surface area (Å²) < 4.78 is 15.4. The molecule has 0 heterocycles. The van der Waals surface area contributed by atoms with Crippen molar-refractivity contribution in [1.29, 1.82) is 0 Å². The molecule has 0 atom stereocenters. The number of para-hydroxylation sites is 1. The van der Waals surface area contributed by atoms with Gasteiger partial charge in [0.05, 0.1) is 27.5 Å². The molecule has 0 unspecified atom stereocenters. The average molecular weight is 357 g/mol. The largest absolute Gasteiger partial charge is 0.496 e. The normalized spacial score (nSPS) is 10.3. The van der Waals surface area contributed by atoms with Crippen LogP contribution in [0.3, 0.4) is 0 Å². The van der Waals surface area contributed by atoms with Crippen LogP contribution >= 0.6 is 0 Å². The van der Waals surface area contributed by atoms with Crippen LogP contribution in [0.5, 0.6) is 17.2 Å². The van der Waals surface area contributed by atoms with Gasteiger partial charge in [-0.05, 0) is 24.3 Å². The van der Waals surface area contributed by atoms with Gasteiger partial charge < -0.3 is 19.5 Å². The molecule has 0 aliphatic heterocycles. The third-order valence-corrected chi connectivity index (χ3v) is 3.36. The zero-order valence-corrected chi connectivity index (χ0v) is 14.6. The summed E-state index contributed by atoms with van der Waals surface area (Å²) >= 11 is 0. The van der Waals surface area contributed by atoms with Crippen molar-refractivity contribution < 1.29 is 23.8 Å². The van der Waals surface area contributed by atoms with Crippen molar-refractivity contribution in [3.8, 4) is 17.2 Å². The summed E-state index contributed by atoms with van der Waals surface area (Å²) in [5, 5.41) is 6.22. The highest BCUT2D eigenvalue weighted by molar-refractivity contribution is 6.39. The number of carbonyl (C=O) groups excluding carboxylic acids is 2. The molecule has 0 fully saturated rings. The van der Waals surface area contributed by atoms with Crippen LogP contribution in [-0.2, 0) is 9.59 Å². The first kappa shape index (κ1) is 18.8. The number of nitrogens with one attached hydrogen (secondary N) is 2. The van der Waals surface area contributed by atoms with Gasteiger partial charge in [0, 0.05) is 17.3 Å². The summed E-state index contributed by atoms with van der Waals surface area (Å²) in [5.41, 5.74) is 3.21. The van der Waals surface area contributed by atoms with Gasteiger partial charge in [0.1, 0.15) is 5.75 Å². The molecule has 8 heteroatoms. The monoisotopic (exact) mass is 357 g/mol. The number of hydrazone groups is 1. The number of rotatable bonds is 6. The van der Waals surface area contributed by atoms with Gasteiger partial charge in [0.15, 0.2) is 11.5 Å². The molecule has 2 aromatic carbocycles. The molecule has 0 radical (unpaired) electrons. The maximum atomic E-state index is 11.9. The Labute approximate surface area is 150 Å². The lowest BCUT2D eigenvalue weighted by Gasteiger charge is -2.10. The van der Waals surface area contributed by atoms with Gasteiger partial charge in [-0.25, -0.2) is 5.43 Å². The summed E-state index contributed by atoms with van der Waals surface area (Å²) in [6.07, 6.45) is 1.39. The minimum Gasteiger partial charge on any atom is -0.496 e. The second-order valence-electron chi connectivity index (χ2n) is 4.96. The zero-order valence-electron chi connectivity index (χ0n) is 14.6. The lowest BCUT2D eigenvalue weighted by Crippen LogP contribution is -2.32. The molecule has 136 valence electrons. The van der Waals surface area contributed by atoms with Gasteiger partial charge in [-0.2, -0.15) is 5.10 Å². The highest BCUT2D eigenvalue weighted by atomic mass is 16.5. The van der Waals surface area contributed by atoms with E-state index in [-0.39, 0.29) is 0 Å². The number of nitrogens with zero attached hydrogens (tertiary/aromatic N) is 1. The summed E-state index contributed by atoms with van der Waals surface area (Å²) in [4.78, 5) is 23.8. The predicted octanol–water partition coefficient (Wildman–Crippen LogP) is 1.80. The Balaban J connectivity index is 1.97. The second kappa shape index (κ2) is 9.07. The number of carbonyl (C=O) groups is 2. The molecule has 2 rings (SSSR count). The number of methoxy groups -OCH3 is 3. The van der Waals surface area contributed by atoms with E-state index < -0.39 is 11.8 Å². The fourth-order valence-electron chi connectivity index (χ4n) is 2.09. The number of hydrogen-bond acceptors (Lipinski definition) is 6. The molecule has 0 bridgehead atoms. The first-order valence-electron chi connectivity index (χ1n) is 7.58. The Morgan fingerprint density at radius 3 is 2.27 bits per heavy atom. The maximum Gasteiger partial charge on any atom is 0.329 e. The van der Waals surface area contributed by atoms with Crippen LogP contribution in [0, 0.1) is 0 Å². The fraction of sp³-hybridized carbons (Fsp3) is 0.167. The molecule has 0 saturated carbocycles. The van der Waals surface area contributed by atoms with Gasteiger partial charge in [0.2, 0.25) is 0 Å². The van der Waals surface area contributed by atoms with E-state index in [1.165, 1.54) is 27.5 Å². The lowest BCUT2D eigenvalue weighted by atomic mass is 10.2. The Morgan fingerprint density at radius 2 is 1.58 bits per heavy atom. The van der Waals surface area contributed by atoms with Crippen molar-refractivity contribution in [2.75, 3.05) is 26.6 Å². The van der Waals surface area contributed by atoms with Gasteiger partial charge >= 0.3 is 11.8 Å². The van der Waals surface area contributed by atoms with Gasteiger partial charge in [0.25, 0.3) is 0 Å². The molecule has 2 N–H and O–H groups in total. The van der Waals surface area contributed by atoms with Crippen LogP contribution in [0.2, 0.25) is 0 Å². The van der Waals surface area contributed by atoms with E-state index in [1.54, 1.807) is 36.4 Å². The summed E-state index contributed by atoms with van der Waals surface area (Å²) in [6.45, 7) is 0. The molecule has 0 aliphatic rings. The number of hydrogen-bond donors (Lipinski definition) is 2. The molecule has 2 aromatic rings. The molecular formula is C18H19N3O5. The third-order valence-electron chi connectivity index (χ3n) is 3.36. The average Bonchev–Trinajstić information content (AvgIpc) is 2.68. The topological polar surface area (TPSA) is 98.2 Å². The summed E-state index contributed by atoms with van der Waals surface area (Å²) in [5.74, 6) is -0.239. The zero-order chi connectivity index (χ0) is 18.9. The lowest BCUT2D eigenvalue weighted by molar-refractivity contribution is -0.136. The Bertz CT molecular complexity index is 820. The first-order chi connectivity index (χ1) is 12.6. The second-order valence-corrected chi connectivity index (χ2v) is 4.96. The third kappa shape index (κ3) is 4.73. The standard InChI is InChI=1S/C18H19N3O5/c1-24-14-7-5-4-6-12(14)11-19-21-18(23)17(22)20-13-8-9-15(25-2)16(10-13)26-3/h4-11H,1-3H3,(H,20,22)(H,21,23). The fourth-order valence-corrected chi connectivity index (χ4v) is 2.09. The number of anilines is 1. The minimum absolute atomic E-state index is 0.386. The predicted molar refractivity (Wildman–Crippen MR) is 96.9 cm³/mol. The van der Waals surface area contributed by atoms with Crippen molar-refractivity contribution in [1.82, 2.24) is 5.43 Å². The van der Waals surface area contributed by atoms with Crippen LogP contribution in [0.1, 0.15) is 5.56 Å². The summed E-state index contributed by atoms with van der Waals surface area (Å²) in [6, 6.07) is 11.9. The molecule has 0 aliphatic carbocycles. The van der Waals surface area contributed by atoms with Gasteiger partial charge in [-0.15, -0.1) is 0 Å². The molecule has 2 amide bonds. The van der Waals surface area contributed by atoms with E-state index in [0.717, 1.165) is 0 Å². The molecule has 0 aromatic heterocycles. The van der Waals surface area contributed by atoms with Gasteiger partial charge in [-0.1, -0.05) is 12.1 Å². The van der Waals surface area contributed by atoms with Crippen LogP contribution in [0.4, 0.5) is 5.69 Å². The maximum absolute atomic E-state index is 11.9.